The molecule has 7 heteroatoms. The molecule has 0 saturated heterocycles. The third kappa shape index (κ3) is 5.63. The van der Waals surface area contributed by atoms with E-state index in [1.807, 2.05) is 35.0 Å². The molecule has 1 N–H and O–H groups in total. The molecule has 0 saturated carbocycles. The molecule has 5 nitrogen and oxygen atoms in total. The van der Waals surface area contributed by atoms with E-state index >= 15 is 0 Å². The van der Waals surface area contributed by atoms with Crippen molar-refractivity contribution in [2.75, 3.05) is 26.9 Å². The molecule has 2 rings (SSSR count). The van der Waals surface area contributed by atoms with Crippen molar-refractivity contribution in [3.63, 3.8) is 0 Å². The fourth-order valence-electron chi connectivity index (χ4n) is 1.73. The Morgan fingerprint density at radius 2 is 2.00 bits per heavy atom. The predicted molar refractivity (Wildman–Crippen MR) is 92.4 cm³/mol. The van der Waals surface area contributed by atoms with Crippen molar-refractivity contribution in [2.45, 2.75) is 0 Å². The SMILES string of the molecule is COCCNC(=O)COC(=O)/C(=C/c1cccs1)c1cccs1. The van der Waals surface area contributed by atoms with E-state index in [1.54, 1.807) is 13.2 Å². The molecular formula is C16H17NO4S2. The van der Waals surface area contributed by atoms with Crippen LogP contribution in [0.25, 0.3) is 11.6 Å². The van der Waals surface area contributed by atoms with Gasteiger partial charge in [-0.25, -0.2) is 4.79 Å². The summed E-state index contributed by atoms with van der Waals surface area (Å²) in [5.74, 6) is -0.861. The molecule has 0 aliphatic heterocycles. The van der Waals surface area contributed by atoms with Crippen molar-refractivity contribution in [1.82, 2.24) is 5.32 Å². The molecule has 1 amide bonds. The fourth-order valence-corrected chi connectivity index (χ4v) is 3.12. The van der Waals surface area contributed by atoms with Crippen LogP contribution in [0, 0.1) is 0 Å². The van der Waals surface area contributed by atoms with Crippen molar-refractivity contribution in [3.8, 4) is 0 Å². The van der Waals surface area contributed by atoms with Crippen molar-refractivity contribution < 1.29 is 19.1 Å². The van der Waals surface area contributed by atoms with Gasteiger partial charge in [-0.15, -0.1) is 22.7 Å². The van der Waals surface area contributed by atoms with E-state index in [9.17, 15) is 9.59 Å². The van der Waals surface area contributed by atoms with Crippen LogP contribution in [0.15, 0.2) is 35.0 Å². The van der Waals surface area contributed by atoms with Crippen LogP contribution >= 0.6 is 22.7 Å². The van der Waals surface area contributed by atoms with Crippen LogP contribution in [-0.2, 0) is 19.1 Å². The average molecular weight is 351 g/mol. The molecule has 0 atom stereocenters. The standard InChI is InChI=1S/C16H17NO4S2/c1-20-7-6-17-15(18)11-21-16(19)13(14-5-3-9-23-14)10-12-4-2-8-22-12/h2-5,8-10H,6-7,11H2,1H3,(H,17,18)/b13-10+. The second kappa shape index (κ2) is 9.24. The molecule has 2 heterocycles. The summed E-state index contributed by atoms with van der Waals surface area (Å²) >= 11 is 2.98. The maximum absolute atomic E-state index is 12.3. The van der Waals surface area contributed by atoms with Gasteiger partial charge in [0.2, 0.25) is 0 Å². The molecule has 2 aromatic rings. The van der Waals surface area contributed by atoms with E-state index in [0.717, 1.165) is 9.75 Å². The Balaban J connectivity index is 1.99. The molecule has 0 bridgehead atoms. The molecule has 0 aliphatic carbocycles. The predicted octanol–water partition coefficient (Wildman–Crippen LogP) is 2.66. The van der Waals surface area contributed by atoms with E-state index in [4.69, 9.17) is 9.47 Å². The number of ether oxygens (including phenoxy) is 2. The van der Waals surface area contributed by atoms with Crippen LogP contribution in [0.1, 0.15) is 9.75 Å². The largest absolute Gasteiger partial charge is 0.452 e. The number of esters is 1. The molecule has 0 aliphatic rings. The van der Waals surface area contributed by atoms with Gasteiger partial charge >= 0.3 is 5.97 Å². The zero-order valence-corrected chi connectivity index (χ0v) is 14.2. The van der Waals surface area contributed by atoms with Crippen molar-refractivity contribution in [3.05, 3.63) is 44.8 Å². The van der Waals surface area contributed by atoms with E-state index in [-0.39, 0.29) is 12.5 Å². The van der Waals surface area contributed by atoms with Crippen molar-refractivity contribution in [1.29, 1.82) is 0 Å². The van der Waals surface area contributed by atoms with Crippen LogP contribution in [0.5, 0.6) is 0 Å². The number of hydrogen-bond acceptors (Lipinski definition) is 6. The Bertz CT molecular complexity index is 648. The third-order valence-corrected chi connectivity index (χ3v) is 4.52. The number of carbonyl (C=O) groups is 2. The number of carbonyl (C=O) groups excluding carboxylic acids is 2. The fraction of sp³-hybridized carbons (Fsp3) is 0.250. The first-order valence-corrected chi connectivity index (χ1v) is 8.68. The summed E-state index contributed by atoms with van der Waals surface area (Å²) in [5.41, 5.74) is 0.451. The Morgan fingerprint density at radius 3 is 2.65 bits per heavy atom. The minimum atomic E-state index is -0.511. The lowest BCUT2D eigenvalue weighted by Gasteiger charge is -2.08. The summed E-state index contributed by atoms with van der Waals surface area (Å²) in [4.78, 5) is 25.7. The van der Waals surface area contributed by atoms with Gasteiger partial charge in [0.05, 0.1) is 12.2 Å². The van der Waals surface area contributed by atoms with Gasteiger partial charge < -0.3 is 14.8 Å². The Labute approximate surface area is 142 Å². The molecule has 2 aromatic heterocycles. The average Bonchev–Trinajstić information content (AvgIpc) is 3.23. The van der Waals surface area contributed by atoms with Crippen molar-refractivity contribution in [2.24, 2.45) is 0 Å². The monoisotopic (exact) mass is 351 g/mol. The normalized spacial score (nSPS) is 11.3. The first-order valence-electron chi connectivity index (χ1n) is 6.92. The van der Waals surface area contributed by atoms with Gasteiger partial charge in [-0.3, -0.25) is 4.79 Å². The number of rotatable bonds is 8. The van der Waals surface area contributed by atoms with Crippen LogP contribution in [0.2, 0.25) is 0 Å². The Morgan fingerprint density at radius 1 is 1.22 bits per heavy atom. The minimum Gasteiger partial charge on any atom is -0.452 e. The van der Waals surface area contributed by atoms with Gasteiger partial charge in [-0.1, -0.05) is 12.1 Å². The molecule has 23 heavy (non-hydrogen) atoms. The number of amides is 1. The van der Waals surface area contributed by atoms with E-state index < -0.39 is 5.97 Å². The van der Waals surface area contributed by atoms with Crippen LogP contribution < -0.4 is 5.32 Å². The van der Waals surface area contributed by atoms with E-state index in [2.05, 4.69) is 5.32 Å². The van der Waals surface area contributed by atoms with Crippen molar-refractivity contribution >= 4 is 46.2 Å². The van der Waals surface area contributed by atoms with E-state index in [0.29, 0.717) is 18.7 Å². The smallest absolute Gasteiger partial charge is 0.340 e. The zero-order valence-electron chi connectivity index (χ0n) is 12.6. The molecule has 0 aromatic carbocycles. The molecule has 0 unspecified atom stereocenters. The molecule has 0 radical (unpaired) electrons. The summed E-state index contributed by atoms with van der Waals surface area (Å²) in [5, 5.41) is 6.43. The lowest BCUT2D eigenvalue weighted by molar-refractivity contribution is -0.142. The molecule has 0 spiro atoms. The first kappa shape index (κ1) is 17.4. The summed E-state index contributed by atoms with van der Waals surface area (Å²) in [6.07, 6.45) is 1.78. The highest BCUT2D eigenvalue weighted by atomic mass is 32.1. The number of hydrogen-bond donors (Lipinski definition) is 1. The van der Waals surface area contributed by atoms with Gasteiger partial charge in [0.25, 0.3) is 5.91 Å². The highest BCUT2D eigenvalue weighted by molar-refractivity contribution is 7.12. The van der Waals surface area contributed by atoms with Crippen LogP contribution in [0.3, 0.4) is 0 Å². The lowest BCUT2D eigenvalue weighted by atomic mass is 10.2. The number of nitrogens with one attached hydrogen (secondary N) is 1. The summed E-state index contributed by atoms with van der Waals surface area (Å²) < 4.78 is 9.96. The highest BCUT2D eigenvalue weighted by Gasteiger charge is 2.16. The summed E-state index contributed by atoms with van der Waals surface area (Å²) in [6.45, 7) is 0.490. The van der Waals surface area contributed by atoms with Gasteiger partial charge in [0.1, 0.15) is 0 Å². The number of thiophene rings is 2. The second-order valence-corrected chi connectivity index (χ2v) is 6.40. The maximum Gasteiger partial charge on any atom is 0.340 e. The van der Waals surface area contributed by atoms with Crippen LogP contribution in [-0.4, -0.2) is 38.7 Å². The minimum absolute atomic E-state index is 0.310. The molecular weight excluding hydrogens is 334 g/mol. The van der Waals surface area contributed by atoms with Gasteiger partial charge in [-0.05, 0) is 29.0 Å². The van der Waals surface area contributed by atoms with E-state index in [1.165, 1.54) is 22.7 Å². The Kier molecular flexibility index (Phi) is 6.99. The third-order valence-electron chi connectivity index (χ3n) is 2.80. The number of methoxy groups -OCH3 is 1. The highest BCUT2D eigenvalue weighted by Crippen LogP contribution is 2.25. The summed E-state index contributed by atoms with van der Waals surface area (Å²) in [6, 6.07) is 7.55. The Hall–Kier alpha value is -1.96. The zero-order chi connectivity index (χ0) is 16.5. The lowest BCUT2D eigenvalue weighted by Crippen LogP contribution is -2.31. The van der Waals surface area contributed by atoms with Gasteiger partial charge in [0, 0.05) is 23.4 Å². The molecule has 122 valence electrons. The summed E-state index contributed by atoms with van der Waals surface area (Å²) in [7, 11) is 1.55. The molecule has 0 fully saturated rings. The second-order valence-electron chi connectivity index (χ2n) is 4.47. The first-order chi connectivity index (χ1) is 11.2. The quantitative estimate of drug-likeness (QED) is 0.451. The topological polar surface area (TPSA) is 64.6 Å². The van der Waals surface area contributed by atoms with Crippen LogP contribution in [0.4, 0.5) is 0 Å². The van der Waals surface area contributed by atoms with Gasteiger partial charge in [0.15, 0.2) is 6.61 Å². The van der Waals surface area contributed by atoms with Gasteiger partial charge in [-0.2, -0.15) is 0 Å². The maximum atomic E-state index is 12.3.